The Morgan fingerprint density at radius 3 is 1.44 bits per heavy atom. The number of Topliss-reactive ketones (excluding diaryl/α,β-unsaturated/α-hetero) is 1. The van der Waals surface area contributed by atoms with Gasteiger partial charge in [0.2, 0.25) is 0 Å². The predicted octanol–water partition coefficient (Wildman–Crippen LogP) is 7.24. The van der Waals surface area contributed by atoms with Crippen LogP contribution in [-0.2, 0) is 4.79 Å². The standard InChI is InChI=1S/C31H24O/c1-30-25(20-11-5-3-6-12-20)26(21-13-7-4-8-14-21)31(2,29(30)32)28-23-18-10-16-19-15-9-17-22(24(19)23)27(28)30/h3-18,27-28H,1-2H3/t27-,28+,30+,31-. The Bertz CT molecular complexity index is 1360. The van der Waals surface area contributed by atoms with Gasteiger partial charge in [-0.25, -0.2) is 0 Å². The molecule has 3 aliphatic rings. The Kier molecular flexibility index (Phi) is 3.33. The summed E-state index contributed by atoms with van der Waals surface area (Å²) in [6, 6.07) is 34.5. The summed E-state index contributed by atoms with van der Waals surface area (Å²) in [5, 5.41) is 2.66. The molecule has 0 amide bonds. The van der Waals surface area contributed by atoms with E-state index in [2.05, 4.69) is 111 Å². The molecule has 154 valence electrons. The molecule has 4 aromatic carbocycles. The van der Waals surface area contributed by atoms with Crippen LogP contribution in [0.5, 0.6) is 0 Å². The van der Waals surface area contributed by atoms with E-state index in [4.69, 9.17) is 0 Å². The van der Waals surface area contributed by atoms with Crippen molar-refractivity contribution in [3.05, 3.63) is 119 Å². The second-order valence-corrected chi connectivity index (χ2v) is 9.96. The van der Waals surface area contributed by atoms with Gasteiger partial charge in [-0.2, -0.15) is 0 Å². The summed E-state index contributed by atoms with van der Waals surface area (Å²) in [7, 11) is 0. The van der Waals surface area contributed by atoms with Gasteiger partial charge < -0.3 is 0 Å². The fraction of sp³-hybridized carbons (Fsp3) is 0.194. The number of rotatable bonds is 2. The van der Waals surface area contributed by atoms with Crippen LogP contribution in [0.15, 0.2) is 97.1 Å². The molecular weight excluding hydrogens is 388 g/mol. The maximum Gasteiger partial charge on any atom is 0.154 e. The summed E-state index contributed by atoms with van der Waals surface area (Å²) < 4.78 is 0. The van der Waals surface area contributed by atoms with Crippen molar-refractivity contribution in [2.45, 2.75) is 25.7 Å². The first kappa shape index (κ1) is 18.2. The molecule has 0 radical (unpaired) electrons. The SMILES string of the molecule is C[C@]12C(=O)[C@](C)(C(c3ccccc3)=C1c1ccccc1)[C@H]1c3cccc4cccc(c34)[C@H]12. The molecule has 0 heterocycles. The topological polar surface area (TPSA) is 17.1 Å². The van der Waals surface area contributed by atoms with E-state index >= 15 is 0 Å². The summed E-state index contributed by atoms with van der Waals surface area (Å²) in [6.45, 7) is 4.45. The number of hydrogen-bond donors (Lipinski definition) is 0. The monoisotopic (exact) mass is 412 g/mol. The molecule has 4 atom stereocenters. The van der Waals surface area contributed by atoms with E-state index in [-0.39, 0.29) is 11.8 Å². The number of benzene rings is 4. The Labute approximate surface area is 188 Å². The third kappa shape index (κ3) is 1.86. The molecule has 2 bridgehead atoms. The number of hydrogen-bond acceptors (Lipinski definition) is 1. The molecule has 7 rings (SSSR count). The molecular formula is C31H24O. The first-order valence-corrected chi connectivity index (χ1v) is 11.5. The van der Waals surface area contributed by atoms with Crippen molar-refractivity contribution in [3.63, 3.8) is 0 Å². The lowest BCUT2D eigenvalue weighted by atomic mass is 9.61. The van der Waals surface area contributed by atoms with Gasteiger partial charge in [-0.05, 0) is 58.0 Å². The van der Waals surface area contributed by atoms with Gasteiger partial charge in [-0.15, -0.1) is 0 Å². The number of carbonyl (C=O) groups is 1. The van der Waals surface area contributed by atoms with E-state index < -0.39 is 10.8 Å². The molecule has 0 spiro atoms. The van der Waals surface area contributed by atoms with Crippen molar-refractivity contribution < 1.29 is 4.79 Å². The van der Waals surface area contributed by atoms with E-state index in [1.165, 1.54) is 44.2 Å². The van der Waals surface area contributed by atoms with Crippen molar-refractivity contribution >= 4 is 27.7 Å². The zero-order valence-corrected chi connectivity index (χ0v) is 18.3. The van der Waals surface area contributed by atoms with E-state index in [0.717, 1.165) is 0 Å². The van der Waals surface area contributed by atoms with Crippen molar-refractivity contribution in [2.75, 3.05) is 0 Å². The summed E-state index contributed by atoms with van der Waals surface area (Å²) in [5.74, 6) is 0.719. The average Bonchev–Trinajstić information content (AvgIpc) is 3.34. The van der Waals surface area contributed by atoms with Gasteiger partial charge in [-0.3, -0.25) is 4.79 Å². The Morgan fingerprint density at radius 1 is 0.562 bits per heavy atom. The highest BCUT2D eigenvalue weighted by molar-refractivity contribution is 6.25. The van der Waals surface area contributed by atoms with Crippen molar-refractivity contribution in [3.8, 4) is 0 Å². The lowest BCUT2D eigenvalue weighted by Crippen LogP contribution is -2.28. The molecule has 0 unspecified atom stereocenters. The zero-order valence-electron chi connectivity index (χ0n) is 18.3. The third-order valence-electron chi connectivity index (χ3n) is 8.57. The predicted molar refractivity (Wildman–Crippen MR) is 130 cm³/mol. The highest BCUT2D eigenvalue weighted by Gasteiger charge is 2.73. The fourth-order valence-electron chi connectivity index (χ4n) is 7.54. The van der Waals surface area contributed by atoms with Crippen LogP contribution in [-0.4, -0.2) is 5.78 Å². The maximum atomic E-state index is 14.5. The average molecular weight is 413 g/mol. The molecule has 4 aromatic rings. The van der Waals surface area contributed by atoms with E-state index in [9.17, 15) is 4.79 Å². The summed E-state index contributed by atoms with van der Waals surface area (Å²) in [6.07, 6.45) is 0. The Morgan fingerprint density at radius 2 is 1.00 bits per heavy atom. The van der Waals surface area contributed by atoms with Gasteiger partial charge in [0.25, 0.3) is 0 Å². The molecule has 32 heavy (non-hydrogen) atoms. The third-order valence-corrected chi connectivity index (χ3v) is 8.57. The highest BCUT2D eigenvalue weighted by atomic mass is 16.1. The highest BCUT2D eigenvalue weighted by Crippen LogP contribution is 2.79. The van der Waals surface area contributed by atoms with Crippen LogP contribution in [0.3, 0.4) is 0 Å². The Balaban J connectivity index is 1.63. The van der Waals surface area contributed by atoms with Gasteiger partial charge in [0, 0.05) is 11.8 Å². The summed E-state index contributed by atoms with van der Waals surface area (Å²) >= 11 is 0. The van der Waals surface area contributed by atoms with Crippen LogP contribution in [0.25, 0.3) is 21.9 Å². The Hall–Kier alpha value is -3.45. The fourth-order valence-corrected chi connectivity index (χ4v) is 7.54. The number of ketones is 1. The van der Waals surface area contributed by atoms with E-state index in [1.54, 1.807) is 0 Å². The summed E-state index contributed by atoms with van der Waals surface area (Å²) in [4.78, 5) is 14.5. The van der Waals surface area contributed by atoms with E-state index in [1.807, 2.05) is 0 Å². The van der Waals surface area contributed by atoms with Gasteiger partial charge in [0.1, 0.15) is 0 Å². The minimum atomic E-state index is -0.556. The van der Waals surface area contributed by atoms with Gasteiger partial charge in [0.05, 0.1) is 10.8 Å². The van der Waals surface area contributed by atoms with Crippen LogP contribution in [0.4, 0.5) is 0 Å². The number of allylic oxidation sites excluding steroid dienone is 2. The van der Waals surface area contributed by atoms with Crippen LogP contribution >= 0.6 is 0 Å². The number of fused-ring (bicyclic) bond motifs is 7. The van der Waals surface area contributed by atoms with Crippen LogP contribution < -0.4 is 0 Å². The number of carbonyl (C=O) groups excluding carboxylic acids is 1. The lowest BCUT2D eigenvalue weighted by Gasteiger charge is -2.39. The molecule has 1 fully saturated rings. The lowest BCUT2D eigenvalue weighted by molar-refractivity contribution is -0.127. The second kappa shape index (κ2) is 5.86. The summed E-state index contributed by atoms with van der Waals surface area (Å²) in [5.41, 5.74) is 6.38. The zero-order chi connectivity index (χ0) is 21.7. The molecule has 0 N–H and O–H groups in total. The van der Waals surface area contributed by atoms with Crippen molar-refractivity contribution in [1.82, 2.24) is 0 Å². The first-order chi connectivity index (χ1) is 15.6. The first-order valence-electron chi connectivity index (χ1n) is 11.5. The normalized spacial score (nSPS) is 29.8. The minimum absolute atomic E-state index is 0.170. The molecule has 1 saturated carbocycles. The van der Waals surface area contributed by atoms with Crippen LogP contribution in [0.2, 0.25) is 0 Å². The van der Waals surface area contributed by atoms with Crippen LogP contribution in [0, 0.1) is 10.8 Å². The van der Waals surface area contributed by atoms with Crippen molar-refractivity contribution in [1.29, 1.82) is 0 Å². The van der Waals surface area contributed by atoms with Gasteiger partial charge >= 0.3 is 0 Å². The molecule has 0 aliphatic heterocycles. The van der Waals surface area contributed by atoms with E-state index in [0.29, 0.717) is 5.78 Å². The van der Waals surface area contributed by atoms with Crippen LogP contribution in [0.1, 0.15) is 47.9 Å². The molecule has 1 heteroatoms. The van der Waals surface area contributed by atoms with Gasteiger partial charge in [-0.1, -0.05) is 97.1 Å². The minimum Gasteiger partial charge on any atom is -0.298 e. The molecule has 1 nitrogen and oxygen atoms in total. The molecule has 3 aliphatic carbocycles. The second-order valence-electron chi connectivity index (χ2n) is 9.96. The smallest absolute Gasteiger partial charge is 0.154 e. The molecule has 0 aromatic heterocycles. The van der Waals surface area contributed by atoms with Gasteiger partial charge in [0.15, 0.2) is 5.78 Å². The quantitative estimate of drug-likeness (QED) is 0.339. The molecule has 0 saturated heterocycles. The largest absolute Gasteiger partial charge is 0.298 e. The van der Waals surface area contributed by atoms with Crippen molar-refractivity contribution in [2.24, 2.45) is 10.8 Å². The maximum absolute atomic E-state index is 14.5.